The summed E-state index contributed by atoms with van der Waals surface area (Å²) in [6.45, 7) is 0. The van der Waals surface area contributed by atoms with Crippen molar-refractivity contribution < 1.29 is 13.2 Å². The largest absolute Gasteiger partial charge is 0.399 e. The van der Waals surface area contributed by atoms with E-state index in [0.717, 1.165) is 24.3 Å². The van der Waals surface area contributed by atoms with Crippen molar-refractivity contribution in [1.29, 1.82) is 0 Å². The predicted molar refractivity (Wildman–Crippen MR) is 56.2 cm³/mol. The Balaban J connectivity index is 2.62. The highest BCUT2D eigenvalue weighted by molar-refractivity contribution is 5.68. The average Bonchev–Trinajstić information content (AvgIpc) is 2.20. The molecule has 0 spiro atoms. The summed E-state index contributed by atoms with van der Waals surface area (Å²) in [6, 6.07) is 6.72. The van der Waals surface area contributed by atoms with Crippen molar-refractivity contribution in [3.63, 3.8) is 0 Å². The van der Waals surface area contributed by atoms with Crippen molar-refractivity contribution in [3.05, 3.63) is 53.8 Å². The Bertz CT molecular complexity index is 518. The Kier molecular flexibility index (Phi) is 2.56. The average molecular weight is 223 g/mol. The van der Waals surface area contributed by atoms with Gasteiger partial charge in [0.2, 0.25) is 0 Å². The molecule has 0 aromatic heterocycles. The topological polar surface area (TPSA) is 26.0 Å². The molecule has 0 aliphatic carbocycles. The maximum atomic E-state index is 13.4. The van der Waals surface area contributed by atoms with Gasteiger partial charge in [0.25, 0.3) is 0 Å². The fourth-order valence-corrected chi connectivity index (χ4v) is 1.47. The van der Waals surface area contributed by atoms with Crippen LogP contribution in [-0.2, 0) is 0 Å². The number of hydrogen-bond donors (Lipinski definition) is 1. The Morgan fingerprint density at radius 1 is 0.812 bits per heavy atom. The van der Waals surface area contributed by atoms with Crippen LogP contribution in [0.2, 0.25) is 0 Å². The van der Waals surface area contributed by atoms with Crippen molar-refractivity contribution in [1.82, 2.24) is 0 Å². The molecule has 0 heterocycles. The second-order valence-electron chi connectivity index (χ2n) is 3.40. The molecule has 2 aromatic carbocycles. The summed E-state index contributed by atoms with van der Waals surface area (Å²) in [7, 11) is 0. The number of nitrogen functional groups attached to an aromatic ring is 1. The van der Waals surface area contributed by atoms with Gasteiger partial charge in [-0.3, -0.25) is 0 Å². The van der Waals surface area contributed by atoms with Crippen LogP contribution < -0.4 is 5.73 Å². The Hall–Kier alpha value is -1.97. The number of hydrogen-bond acceptors (Lipinski definition) is 1. The van der Waals surface area contributed by atoms with E-state index in [4.69, 9.17) is 5.73 Å². The van der Waals surface area contributed by atoms with E-state index in [1.54, 1.807) is 0 Å². The summed E-state index contributed by atoms with van der Waals surface area (Å²) >= 11 is 0. The zero-order chi connectivity index (χ0) is 11.7. The van der Waals surface area contributed by atoms with E-state index in [-0.39, 0.29) is 11.1 Å². The van der Waals surface area contributed by atoms with Crippen LogP contribution in [0.25, 0.3) is 11.1 Å². The van der Waals surface area contributed by atoms with Gasteiger partial charge in [0.1, 0.15) is 17.5 Å². The molecule has 2 aromatic rings. The molecule has 2 rings (SSSR count). The fourth-order valence-electron chi connectivity index (χ4n) is 1.47. The Morgan fingerprint density at radius 3 is 2.06 bits per heavy atom. The van der Waals surface area contributed by atoms with Gasteiger partial charge in [0.15, 0.2) is 0 Å². The summed E-state index contributed by atoms with van der Waals surface area (Å²) < 4.78 is 39.3. The fraction of sp³-hybridized carbons (Fsp3) is 0. The lowest BCUT2D eigenvalue weighted by atomic mass is 10.0. The SMILES string of the molecule is Nc1ccc(F)c(-c2cc(F)cc(F)c2)c1. The predicted octanol–water partition coefficient (Wildman–Crippen LogP) is 3.35. The van der Waals surface area contributed by atoms with E-state index in [0.29, 0.717) is 5.69 Å². The summed E-state index contributed by atoms with van der Waals surface area (Å²) in [6.07, 6.45) is 0. The molecule has 0 amide bonds. The van der Waals surface area contributed by atoms with Gasteiger partial charge < -0.3 is 5.73 Å². The first kappa shape index (κ1) is 10.5. The third-order valence-corrected chi connectivity index (χ3v) is 2.16. The molecule has 0 aliphatic heterocycles. The normalized spacial score (nSPS) is 10.4. The minimum atomic E-state index is -0.753. The molecule has 0 radical (unpaired) electrons. The second-order valence-corrected chi connectivity index (χ2v) is 3.40. The van der Waals surface area contributed by atoms with E-state index in [1.165, 1.54) is 12.1 Å². The third-order valence-electron chi connectivity index (χ3n) is 2.16. The third kappa shape index (κ3) is 2.00. The van der Waals surface area contributed by atoms with Gasteiger partial charge in [-0.05, 0) is 35.9 Å². The van der Waals surface area contributed by atoms with Crippen LogP contribution in [0.3, 0.4) is 0 Å². The summed E-state index contributed by atoms with van der Waals surface area (Å²) in [4.78, 5) is 0. The molecule has 0 fully saturated rings. The Labute approximate surface area is 90.3 Å². The highest BCUT2D eigenvalue weighted by atomic mass is 19.1. The van der Waals surface area contributed by atoms with E-state index < -0.39 is 17.5 Å². The lowest BCUT2D eigenvalue weighted by Gasteiger charge is -2.05. The minimum Gasteiger partial charge on any atom is -0.399 e. The molecule has 4 heteroatoms. The van der Waals surface area contributed by atoms with E-state index in [2.05, 4.69) is 0 Å². The van der Waals surface area contributed by atoms with E-state index >= 15 is 0 Å². The lowest BCUT2D eigenvalue weighted by molar-refractivity contribution is 0.583. The van der Waals surface area contributed by atoms with Crippen molar-refractivity contribution in [3.8, 4) is 11.1 Å². The molecule has 0 bridgehead atoms. The maximum Gasteiger partial charge on any atom is 0.131 e. The summed E-state index contributed by atoms with van der Waals surface area (Å²) in [5, 5.41) is 0. The van der Waals surface area contributed by atoms with Crippen LogP contribution in [0.1, 0.15) is 0 Å². The molecule has 0 atom stereocenters. The van der Waals surface area contributed by atoms with Crippen molar-refractivity contribution in [2.75, 3.05) is 5.73 Å². The lowest BCUT2D eigenvalue weighted by Crippen LogP contribution is -1.91. The minimum absolute atomic E-state index is 0.0819. The summed E-state index contributed by atoms with van der Waals surface area (Å²) in [5.74, 6) is -2.08. The van der Waals surface area contributed by atoms with Crippen LogP contribution >= 0.6 is 0 Å². The van der Waals surface area contributed by atoms with Crippen molar-refractivity contribution in [2.24, 2.45) is 0 Å². The number of benzene rings is 2. The van der Waals surface area contributed by atoms with Crippen molar-refractivity contribution >= 4 is 5.69 Å². The molecule has 16 heavy (non-hydrogen) atoms. The number of anilines is 1. The first-order chi connectivity index (χ1) is 7.56. The molecule has 0 saturated carbocycles. The number of rotatable bonds is 1. The van der Waals surface area contributed by atoms with Gasteiger partial charge >= 0.3 is 0 Å². The van der Waals surface area contributed by atoms with Crippen LogP contribution in [-0.4, -0.2) is 0 Å². The molecule has 2 N–H and O–H groups in total. The summed E-state index contributed by atoms with van der Waals surface area (Å²) in [5.41, 5.74) is 6.03. The quantitative estimate of drug-likeness (QED) is 0.737. The van der Waals surface area contributed by atoms with Crippen LogP contribution in [0.4, 0.5) is 18.9 Å². The van der Waals surface area contributed by atoms with Gasteiger partial charge in [0, 0.05) is 17.3 Å². The zero-order valence-electron chi connectivity index (χ0n) is 8.18. The molecular formula is C12H8F3N. The number of nitrogens with two attached hydrogens (primary N) is 1. The maximum absolute atomic E-state index is 13.4. The molecule has 1 nitrogen and oxygen atoms in total. The van der Waals surface area contributed by atoms with Crippen LogP contribution in [0.5, 0.6) is 0 Å². The van der Waals surface area contributed by atoms with Crippen LogP contribution in [0.15, 0.2) is 36.4 Å². The highest BCUT2D eigenvalue weighted by Crippen LogP contribution is 2.26. The smallest absolute Gasteiger partial charge is 0.131 e. The van der Waals surface area contributed by atoms with Gasteiger partial charge in [-0.1, -0.05) is 0 Å². The number of halogens is 3. The monoisotopic (exact) mass is 223 g/mol. The van der Waals surface area contributed by atoms with Crippen LogP contribution in [0, 0.1) is 17.5 Å². The van der Waals surface area contributed by atoms with Crippen molar-refractivity contribution in [2.45, 2.75) is 0 Å². The highest BCUT2D eigenvalue weighted by Gasteiger charge is 2.08. The molecule has 0 aliphatic rings. The zero-order valence-corrected chi connectivity index (χ0v) is 8.18. The molecule has 82 valence electrons. The Morgan fingerprint density at radius 2 is 1.44 bits per heavy atom. The standard InChI is InChI=1S/C12H8F3N/c13-8-3-7(4-9(14)5-8)11-6-10(16)1-2-12(11)15/h1-6H,16H2. The second kappa shape index (κ2) is 3.89. The van der Waals surface area contributed by atoms with E-state index in [1.807, 2.05) is 0 Å². The first-order valence-electron chi connectivity index (χ1n) is 4.58. The molecule has 0 saturated heterocycles. The van der Waals surface area contributed by atoms with Gasteiger partial charge in [0.05, 0.1) is 0 Å². The van der Waals surface area contributed by atoms with Gasteiger partial charge in [-0.15, -0.1) is 0 Å². The first-order valence-corrected chi connectivity index (χ1v) is 4.58. The molecular weight excluding hydrogens is 215 g/mol. The molecule has 0 unspecified atom stereocenters. The van der Waals surface area contributed by atoms with Gasteiger partial charge in [-0.25, -0.2) is 13.2 Å². The van der Waals surface area contributed by atoms with Gasteiger partial charge in [-0.2, -0.15) is 0 Å². The van der Waals surface area contributed by atoms with E-state index in [9.17, 15) is 13.2 Å².